The summed E-state index contributed by atoms with van der Waals surface area (Å²) in [5.41, 5.74) is 6.60. The predicted molar refractivity (Wildman–Crippen MR) is 122 cm³/mol. The number of carbonyl (C=O) groups is 1. The fourth-order valence-electron chi connectivity index (χ4n) is 4.82. The Hall–Kier alpha value is -1.88. The molecule has 0 aromatic heterocycles. The van der Waals surface area contributed by atoms with Crippen molar-refractivity contribution in [2.75, 3.05) is 70.5 Å². The number of nitrogens with two attached hydrogens (primary N) is 1. The molecular weight excluding hydrogens is 432 g/mol. The van der Waals surface area contributed by atoms with Gasteiger partial charge in [0.1, 0.15) is 12.4 Å². The fourth-order valence-corrected chi connectivity index (χ4v) is 6.89. The number of nitrogens with zero attached hydrogens (tertiary/aromatic N) is 3. The molecule has 9 nitrogen and oxygen atoms in total. The average molecular weight is 467 g/mol. The van der Waals surface area contributed by atoms with E-state index in [0.29, 0.717) is 32.8 Å². The molecule has 10 heteroatoms. The van der Waals surface area contributed by atoms with Crippen LogP contribution in [0.4, 0.5) is 5.69 Å². The van der Waals surface area contributed by atoms with Crippen molar-refractivity contribution in [2.24, 2.45) is 5.73 Å². The van der Waals surface area contributed by atoms with Crippen LogP contribution in [-0.4, -0.2) is 93.9 Å². The zero-order valence-electron chi connectivity index (χ0n) is 18.6. The van der Waals surface area contributed by atoms with Crippen molar-refractivity contribution in [3.05, 3.63) is 24.3 Å². The first kappa shape index (κ1) is 23.3. The number of benzene rings is 1. The number of piperazine rings is 1. The van der Waals surface area contributed by atoms with Crippen LogP contribution in [0.1, 0.15) is 25.7 Å². The molecule has 0 atom stereocenters. The molecule has 0 radical (unpaired) electrons. The molecule has 0 saturated carbocycles. The van der Waals surface area contributed by atoms with E-state index in [1.807, 2.05) is 24.3 Å². The number of hydrogen-bond donors (Lipinski definition) is 1. The van der Waals surface area contributed by atoms with E-state index in [1.54, 1.807) is 0 Å². The summed E-state index contributed by atoms with van der Waals surface area (Å²) < 4.78 is 37.7. The lowest BCUT2D eigenvalue weighted by Crippen LogP contribution is -2.61. The summed E-state index contributed by atoms with van der Waals surface area (Å²) in [7, 11) is -3.85. The molecule has 1 aromatic carbocycles. The van der Waals surface area contributed by atoms with Crippen molar-refractivity contribution in [2.45, 2.75) is 30.4 Å². The van der Waals surface area contributed by atoms with Gasteiger partial charge in [-0.1, -0.05) is 0 Å². The maximum Gasteiger partial charge on any atom is 0.240 e. The molecule has 3 fully saturated rings. The van der Waals surface area contributed by atoms with E-state index < -0.39 is 20.7 Å². The first-order valence-electron chi connectivity index (χ1n) is 11.5. The van der Waals surface area contributed by atoms with Crippen molar-refractivity contribution in [3.8, 4) is 5.75 Å². The smallest absolute Gasteiger partial charge is 0.240 e. The number of primary amides is 1. The molecule has 0 bridgehead atoms. The van der Waals surface area contributed by atoms with Crippen molar-refractivity contribution in [1.82, 2.24) is 9.21 Å². The van der Waals surface area contributed by atoms with Crippen LogP contribution in [0.25, 0.3) is 0 Å². The quantitative estimate of drug-likeness (QED) is 0.600. The third-order valence-corrected chi connectivity index (χ3v) is 9.54. The molecule has 32 heavy (non-hydrogen) atoms. The summed E-state index contributed by atoms with van der Waals surface area (Å²) >= 11 is 0. The van der Waals surface area contributed by atoms with Gasteiger partial charge in [-0.25, -0.2) is 8.42 Å². The highest BCUT2D eigenvalue weighted by atomic mass is 32.2. The van der Waals surface area contributed by atoms with Crippen LogP contribution < -0.4 is 15.4 Å². The van der Waals surface area contributed by atoms with Crippen LogP contribution in [0.5, 0.6) is 5.75 Å². The van der Waals surface area contributed by atoms with Crippen LogP contribution >= 0.6 is 0 Å². The molecule has 4 rings (SSSR count). The first-order chi connectivity index (χ1) is 15.4. The Labute approximate surface area is 190 Å². The van der Waals surface area contributed by atoms with Crippen LogP contribution in [0, 0.1) is 0 Å². The van der Waals surface area contributed by atoms with Crippen LogP contribution in [0.3, 0.4) is 0 Å². The van der Waals surface area contributed by atoms with Gasteiger partial charge in [0.15, 0.2) is 4.75 Å². The summed E-state index contributed by atoms with van der Waals surface area (Å²) in [4.78, 5) is 16.7. The summed E-state index contributed by atoms with van der Waals surface area (Å²) in [5.74, 6) is 0.0700. The van der Waals surface area contributed by atoms with Crippen molar-refractivity contribution < 1.29 is 22.7 Å². The normalized spacial score (nSPS) is 22.7. The van der Waals surface area contributed by atoms with E-state index in [0.717, 1.165) is 18.0 Å². The molecule has 3 heterocycles. The molecule has 178 valence electrons. The van der Waals surface area contributed by atoms with Crippen molar-refractivity contribution in [1.29, 1.82) is 0 Å². The Bertz CT molecular complexity index is 872. The van der Waals surface area contributed by atoms with E-state index in [-0.39, 0.29) is 26.1 Å². The third-order valence-electron chi connectivity index (χ3n) is 6.90. The lowest BCUT2D eigenvalue weighted by molar-refractivity contribution is -0.123. The second-order valence-corrected chi connectivity index (χ2v) is 11.0. The van der Waals surface area contributed by atoms with Gasteiger partial charge in [-0.05, 0) is 50.2 Å². The molecule has 0 aliphatic carbocycles. The van der Waals surface area contributed by atoms with Crippen molar-refractivity contribution >= 4 is 21.6 Å². The van der Waals surface area contributed by atoms with E-state index >= 15 is 0 Å². The number of ether oxygens (including phenoxy) is 2. The van der Waals surface area contributed by atoms with Gasteiger partial charge in [-0.3, -0.25) is 9.69 Å². The lowest BCUT2D eigenvalue weighted by Gasteiger charge is -2.41. The zero-order chi connectivity index (χ0) is 22.6. The highest BCUT2D eigenvalue weighted by molar-refractivity contribution is 7.91. The van der Waals surface area contributed by atoms with Crippen LogP contribution in [-0.2, 0) is 19.6 Å². The molecule has 0 unspecified atom stereocenters. The highest BCUT2D eigenvalue weighted by Gasteiger charge is 2.53. The van der Waals surface area contributed by atoms with Gasteiger partial charge in [0, 0.05) is 64.5 Å². The van der Waals surface area contributed by atoms with Crippen molar-refractivity contribution in [3.63, 3.8) is 0 Å². The molecule has 3 aliphatic heterocycles. The van der Waals surface area contributed by atoms with E-state index in [9.17, 15) is 13.2 Å². The molecular formula is C22H34N4O5S. The number of likely N-dealkylation sites (tertiary alicyclic amines) is 1. The molecule has 0 spiro atoms. The third kappa shape index (κ3) is 4.73. The molecule has 1 amide bonds. The topological polar surface area (TPSA) is 105 Å². The maximum absolute atomic E-state index is 13.3. The Morgan fingerprint density at radius 2 is 1.62 bits per heavy atom. The van der Waals surface area contributed by atoms with Gasteiger partial charge in [0.2, 0.25) is 15.9 Å². The molecule has 3 saturated heterocycles. The summed E-state index contributed by atoms with van der Waals surface area (Å²) in [5, 5.41) is 0. The molecule has 2 N–H and O–H groups in total. The Morgan fingerprint density at radius 1 is 1.00 bits per heavy atom. The summed E-state index contributed by atoms with van der Waals surface area (Å²) in [6.45, 7) is 6.19. The number of amides is 1. The van der Waals surface area contributed by atoms with Gasteiger partial charge in [0.05, 0.1) is 0 Å². The summed E-state index contributed by atoms with van der Waals surface area (Å²) in [6.07, 6.45) is 2.79. The van der Waals surface area contributed by atoms with Gasteiger partial charge in [0.25, 0.3) is 0 Å². The maximum atomic E-state index is 13.3. The highest BCUT2D eigenvalue weighted by Crippen LogP contribution is 2.33. The predicted octanol–water partition coefficient (Wildman–Crippen LogP) is 0.648. The lowest BCUT2D eigenvalue weighted by atomic mass is 9.98. The Kier molecular flexibility index (Phi) is 7.24. The molecule has 1 aromatic rings. The van der Waals surface area contributed by atoms with Gasteiger partial charge in [-0.15, -0.1) is 0 Å². The number of hydrogen-bond acceptors (Lipinski definition) is 7. The van der Waals surface area contributed by atoms with Gasteiger partial charge in [-0.2, -0.15) is 4.31 Å². The minimum Gasteiger partial charge on any atom is -0.492 e. The monoisotopic (exact) mass is 466 g/mol. The average Bonchev–Trinajstić information content (AvgIpc) is 3.33. The Balaban J connectivity index is 1.31. The SMILES string of the molecule is NC(=O)C1(S(=O)(=O)N2CCN(c3ccc(OCCN4CCCC4)cc3)CC2)CCOCC1. The first-order valence-corrected chi connectivity index (χ1v) is 12.9. The standard InChI is InChI=1S/C22H34N4O5S/c23-21(27)22(7-16-30-17-8-22)32(28,29)26-13-11-25(12-14-26)19-3-5-20(6-4-19)31-18-15-24-9-1-2-10-24/h3-6H,1-2,7-18H2,(H2,23,27). The Morgan fingerprint density at radius 3 is 2.22 bits per heavy atom. The fraction of sp³-hybridized carbons (Fsp3) is 0.682. The number of sulfonamides is 1. The van der Waals surface area contributed by atoms with E-state index in [1.165, 1.54) is 30.2 Å². The summed E-state index contributed by atoms with van der Waals surface area (Å²) in [6, 6.07) is 7.95. The molecule has 3 aliphatic rings. The van der Waals surface area contributed by atoms with Crippen LogP contribution in [0.2, 0.25) is 0 Å². The minimum atomic E-state index is -3.85. The largest absolute Gasteiger partial charge is 0.492 e. The number of anilines is 1. The van der Waals surface area contributed by atoms with Gasteiger partial charge >= 0.3 is 0 Å². The minimum absolute atomic E-state index is 0.115. The number of rotatable bonds is 8. The second kappa shape index (κ2) is 9.94. The van der Waals surface area contributed by atoms with Crippen LogP contribution in [0.15, 0.2) is 24.3 Å². The van der Waals surface area contributed by atoms with E-state index in [4.69, 9.17) is 15.2 Å². The zero-order valence-corrected chi connectivity index (χ0v) is 19.4. The van der Waals surface area contributed by atoms with E-state index in [2.05, 4.69) is 9.80 Å². The second-order valence-electron chi connectivity index (χ2n) is 8.75. The number of carbonyl (C=O) groups excluding carboxylic acids is 1. The van der Waals surface area contributed by atoms with Gasteiger partial charge < -0.3 is 20.1 Å².